The molecule has 0 heteroatoms. The zero-order chi connectivity index (χ0) is 15.5. The summed E-state index contributed by atoms with van der Waals surface area (Å²) >= 11 is 0. The minimum Gasteiger partial charge on any atom is -0.0822 e. The molecule has 0 aromatic heterocycles. The minimum atomic E-state index is 0.801. The molecule has 4 aliphatic rings. The lowest BCUT2D eigenvalue weighted by atomic mass is 9.81. The van der Waals surface area contributed by atoms with E-state index in [1.807, 2.05) is 0 Å². The van der Waals surface area contributed by atoms with Crippen molar-refractivity contribution >= 4 is 0 Å². The van der Waals surface area contributed by atoms with E-state index in [0.717, 1.165) is 29.6 Å². The van der Waals surface area contributed by atoms with Gasteiger partial charge in [0.2, 0.25) is 0 Å². The molecular formula is C22H36. The van der Waals surface area contributed by atoms with Gasteiger partial charge in [0.25, 0.3) is 0 Å². The number of hydrogen-bond acceptors (Lipinski definition) is 0. The van der Waals surface area contributed by atoms with E-state index in [1.165, 1.54) is 64.2 Å². The van der Waals surface area contributed by atoms with Crippen LogP contribution in [0.3, 0.4) is 0 Å². The van der Waals surface area contributed by atoms with Gasteiger partial charge in [0.1, 0.15) is 0 Å². The van der Waals surface area contributed by atoms with Crippen LogP contribution < -0.4 is 0 Å². The van der Waals surface area contributed by atoms with Crippen molar-refractivity contribution in [3.63, 3.8) is 0 Å². The SMILES string of the molecule is CC(C)C1=CC2CCCCC2C1.CC1=CC2CCCCC2C1. The highest BCUT2D eigenvalue weighted by atomic mass is 14.4. The van der Waals surface area contributed by atoms with Crippen LogP contribution in [-0.2, 0) is 0 Å². The van der Waals surface area contributed by atoms with Crippen molar-refractivity contribution in [1.29, 1.82) is 0 Å². The first kappa shape index (κ1) is 16.3. The zero-order valence-electron chi connectivity index (χ0n) is 15.1. The fourth-order valence-corrected chi connectivity index (χ4v) is 5.34. The molecule has 4 rings (SSSR count). The van der Waals surface area contributed by atoms with Gasteiger partial charge in [-0.3, -0.25) is 0 Å². The quantitative estimate of drug-likeness (QED) is 0.461. The highest BCUT2D eigenvalue weighted by Gasteiger charge is 2.30. The molecule has 2 saturated carbocycles. The van der Waals surface area contributed by atoms with Crippen LogP contribution in [0.15, 0.2) is 23.3 Å². The van der Waals surface area contributed by atoms with Crippen LogP contribution >= 0.6 is 0 Å². The van der Waals surface area contributed by atoms with Crippen molar-refractivity contribution in [2.75, 3.05) is 0 Å². The maximum Gasteiger partial charge on any atom is -0.0199 e. The number of hydrogen-bond donors (Lipinski definition) is 0. The molecule has 124 valence electrons. The first-order chi connectivity index (χ1) is 10.6. The van der Waals surface area contributed by atoms with Crippen LogP contribution in [0.4, 0.5) is 0 Å². The van der Waals surface area contributed by atoms with Gasteiger partial charge < -0.3 is 0 Å². The lowest BCUT2D eigenvalue weighted by Crippen LogP contribution is -2.12. The molecule has 0 aromatic carbocycles. The Balaban J connectivity index is 0.000000133. The van der Waals surface area contributed by atoms with Crippen molar-refractivity contribution in [3.05, 3.63) is 23.3 Å². The Morgan fingerprint density at radius 3 is 1.86 bits per heavy atom. The van der Waals surface area contributed by atoms with Crippen LogP contribution in [-0.4, -0.2) is 0 Å². The van der Waals surface area contributed by atoms with E-state index in [0.29, 0.717) is 0 Å². The highest BCUT2D eigenvalue weighted by molar-refractivity contribution is 5.16. The van der Waals surface area contributed by atoms with Gasteiger partial charge in [-0.05, 0) is 75.0 Å². The van der Waals surface area contributed by atoms with Gasteiger partial charge >= 0.3 is 0 Å². The maximum absolute atomic E-state index is 2.59. The summed E-state index contributed by atoms with van der Waals surface area (Å²) in [6.45, 7) is 6.96. The van der Waals surface area contributed by atoms with Crippen molar-refractivity contribution in [1.82, 2.24) is 0 Å². The average molecular weight is 301 g/mol. The van der Waals surface area contributed by atoms with E-state index in [9.17, 15) is 0 Å². The standard InChI is InChI=1S/C12H20.C10H16/c1-9(2)12-7-10-5-3-4-6-11(10)8-12;1-8-6-9-4-2-3-5-10(9)7-8/h7,9-11H,3-6,8H2,1-2H3;6,9-10H,2-5,7H2,1H3. The third kappa shape index (κ3) is 3.87. The van der Waals surface area contributed by atoms with Crippen molar-refractivity contribution < 1.29 is 0 Å². The molecule has 0 bridgehead atoms. The van der Waals surface area contributed by atoms with Crippen LogP contribution in [0, 0.1) is 29.6 Å². The van der Waals surface area contributed by atoms with E-state index < -0.39 is 0 Å². The Kier molecular flexibility index (Phi) is 5.47. The summed E-state index contributed by atoms with van der Waals surface area (Å²) in [5, 5.41) is 0. The summed E-state index contributed by atoms with van der Waals surface area (Å²) in [6, 6.07) is 0. The fraction of sp³-hybridized carbons (Fsp3) is 0.818. The summed E-state index contributed by atoms with van der Waals surface area (Å²) in [7, 11) is 0. The Morgan fingerprint density at radius 1 is 0.773 bits per heavy atom. The lowest BCUT2D eigenvalue weighted by molar-refractivity contribution is 0.301. The summed E-state index contributed by atoms with van der Waals surface area (Å²) in [5.41, 5.74) is 3.39. The van der Waals surface area contributed by atoms with Gasteiger partial charge in [-0.2, -0.15) is 0 Å². The predicted molar refractivity (Wildman–Crippen MR) is 96.8 cm³/mol. The third-order valence-electron chi connectivity index (χ3n) is 6.69. The molecule has 4 atom stereocenters. The summed E-state index contributed by atoms with van der Waals surface area (Å²) in [6.07, 6.45) is 19.8. The fourth-order valence-electron chi connectivity index (χ4n) is 5.34. The van der Waals surface area contributed by atoms with Crippen LogP contribution in [0.1, 0.15) is 85.0 Å². The predicted octanol–water partition coefficient (Wildman–Crippen LogP) is 6.92. The van der Waals surface area contributed by atoms with Crippen LogP contribution in [0.2, 0.25) is 0 Å². The molecule has 22 heavy (non-hydrogen) atoms. The second-order valence-corrected chi connectivity index (χ2v) is 8.73. The number of rotatable bonds is 1. The topological polar surface area (TPSA) is 0 Å². The first-order valence-electron chi connectivity index (χ1n) is 10.0. The molecule has 2 fully saturated rings. The normalized spacial score (nSPS) is 36.9. The molecule has 0 amide bonds. The Hall–Kier alpha value is -0.520. The molecule has 0 radical (unpaired) electrons. The molecule has 0 N–H and O–H groups in total. The Labute approximate surface area is 138 Å². The molecular weight excluding hydrogens is 264 g/mol. The zero-order valence-corrected chi connectivity index (χ0v) is 15.1. The number of fused-ring (bicyclic) bond motifs is 2. The second kappa shape index (κ2) is 7.37. The highest BCUT2D eigenvalue weighted by Crippen LogP contribution is 2.43. The van der Waals surface area contributed by atoms with Gasteiger partial charge in [0.15, 0.2) is 0 Å². The van der Waals surface area contributed by atoms with Gasteiger partial charge in [0, 0.05) is 0 Å². The monoisotopic (exact) mass is 300 g/mol. The van der Waals surface area contributed by atoms with E-state index in [1.54, 1.807) is 11.1 Å². The minimum absolute atomic E-state index is 0.801. The van der Waals surface area contributed by atoms with E-state index >= 15 is 0 Å². The molecule has 0 saturated heterocycles. The molecule has 0 aromatic rings. The smallest absolute Gasteiger partial charge is 0.0199 e. The van der Waals surface area contributed by atoms with Crippen molar-refractivity contribution in [2.24, 2.45) is 29.6 Å². The molecule has 0 spiro atoms. The summed E-state index contributed by atoms with van der Waals surface area (Å²) in [5.74, 6) is 4.84. The van der Waals surface area contributed by atoms with Crippen molar-refractivity contribution in [3.8, 4) is 0 Å². The van der Waals surface area contributed by atoms with Gasteiger partial charge in [-0.15, -0.1) is 0 Å². The van der Waals surface area contributed by atoms with Crippen molar-refractivity contribution in [2.45, 2.75) is 85.0 Å². The Bertz CT molecular complexity index is 425. The Morgan fingerprint density at radius 2 is 1.32 bits per heavy atom. The molecule has 0 aliphatic heterocycles. The molecule has 0 nitrogen and oxygen atoms in total. The molecule has 0 heterocycles. The van der Waals surface area contributed by atoms with Gasteiger partial charge in [-0.25, -0.2) is 0 Å². The first-order valence-corrected chi connectivity index (χ1v) is 10.0. The molecule has 4 aliphatic carbocycles. The lowest BCUT2D eigenvalue weighted by Gasteiger charge is -2.24. The molecule has 4 unspecified atom stereocenters. The van der Waals surface area contributed by atoms with E-state index in [-0.39, 0.29) is 0 Å². The summed E-state index contributed by atoms with van der Waals surface area (Å²) in [4.78, 5) is 0. The van der Waals surface area contributed by atoms with Gasteiger partial charge in [-0.1, -0.05) is 62.8 Å². The second-order valence-electron chi connectivity index (χ2n) is 8.73. The van der Waals surface area contributed by atoms with Crippen LogP contribution in [0.5, 0.6) is 0 Å². The van der Waals surface area contributed by atoms with E-state index in [4.69, 9.17) is 0 Å². The third-order valence-corrected chi connectivity index (χ3v) is 6.69. The van der Waals surface area contributed by atoms with E-state index in [2.05, 4.69) is 32.9 Å². The largest absolute Gasteiger partial charge is 0.0822 e. The average Bonchev–Trinajstić information content (AvgIpc) is 3.09. The maximum atomic E-state index is 2.59. The van der Waals surface area contributed by atoms with Crippen LogP contribution in [0.25, 0.3) is 0 Å². The summed E-state index contributed by atoms with van der Waals surface area (Å²) < 4.78 is 0. The van der Waals surface area contributed by atoms with Gasteiger partial charge in [0.05, 0.1) is 0 Å². The number of allylic oxidation sites excluding steroid dienone is 4.